The molecule has 1 aliphatic rings. The van der Waals surface area contributed by atoms with Crippen LogP contribution >= 0.6 is 0 Å². The Morgan fingerprint density at radius 1 is 1.02 bits per heavy atom. The Hall–Kier alpha value is -4.80. The Labute approximate surface area is 242 Å². The van der Waals surface area contributed by atoms with Crippen LogP contribution in [0.1, 0.15) is 30.2 Å². The summed E-state index contributed by atoms with van der Waals surface area (Å²) in [5.41, 5.74) is 2.50. The van der Waals surface area contributed by atoms with Crippen LogP contribution in [0, 0.1) is 5.92 Å². The Bertz CT molecular complexity index is 1820. The molecule has 10 nitrogen and oxygen atoms in total. The van der Waals surface area contributed by atoms with Gasteiger partial charge in [-0.25, -0.2) is 4.68 Å². The molecule has 2 atom stereocenters. The molecule has 1 amide bonds. The van der Waals surface area contributed by atoms with Crippen LogP contribution in [-0.2, 0) is 29.9 Å². The van der Waals surface area contributed by atoms with E-state index in [2.05, 4.69) is 15.4 Å². The number of allylic oxidation sites excluding steroid dienone is 1. The molecule has 10 heteroatoms. The highest BCUT2D eigenvalue weighted by molar-refractivity contribution is 6.07. The van der Waals surface area contributed by atoms with Crippen LogP contribution in [0.4, 0.5) is 5.69 Å². The van der Waals surface area contributed by atoms with Gasteiger partial charge in [0.25, 0.3) is 11.5 Å². The SMILES string of the molecule is C[C@@H](/C=C/CCn1cc(CCO)nn1)[C@]1(O)C(=O)N(Cc2ccc(-n3[nH]c4ccccc4c3=O)cc2)c2ccccc21. The fourth-order valence-corrected chi connectivity index (χ4v) is 5.56. The minimum atomic E-state index is -1.70. The summed E-state index contributed by atoms with van der Waals surface area (Å²) >= 11 is 0. The number of benzene rings is 3. The lowest BCUT2D eigenvalue weighted by Crippen LogP contribution is -2.44. The molecule has 0 fully saturated rings. The molecular weight excluding hydrogens is 532 g/mol. The fraction of sp³-hybridized carbons (Fsp3) is 0.250. The number of hydrogen-bond acceptors (Lipinski definition) is 6. The second-order valence-electron chi connectivity index (χ2n) is 10.6. The van der Waals surface area contributed by atoms with Crippen LogP contribution in [0.2, 0.25) is 0 Å². The first-order valence-electron chi connectivity index (χ1n) is 14.0. The van der Waals surface area contributed by atoms with Crippen molar-refractivity contribution in [2.45, 2.75) is 38.5 Å². The van der Waals surface area contributed by atoms with E-state index in [1.807, 2.05) is 79.7 Å². The van der Waals surface area contributed by atoms with E-state index in [-0.39, 0.29) is 24.6 Å². The molecular formula is C32H32N6O4. The van der Waals surface area contributed by atoms with Gasteiger partial charge >= 0.3 is 0 Å². The average molecular weight is 565 g/mol. The molecule has 0 saturated carbocycles. The third-order valence-electron chi connectivity index (χ3n) is 7.87. The molecule has 0 bridgehead atoms. The molecule has 6 rings (SSSR count). The van der Waals surface area contributed by atoms with E-state index in [1.54, 1.807) is 27.9 Å². The molecule has 42 heavy (non-hydrogen) atoms. The van der Waals surface area contributed by atoms with E-state index in [1.165, 1.54) is 4.68 Å². The molecule has 3 aromatic carbocycles. The van der Waals surface area contributed by atoms with E-state index in [0.717, 1.165) is 16.8 Å². The molecule has 214 valence electrons. The van der Waals surface area contributed by atoms with Gasteiger partial charge in [-0.05, 0) is 42.3 Å². The largest absolute Gasteiger partial charge is 0.396 e. The van der Waals surface area contributed by atoms with Crippen LogP contribution in [0.25, 0.3) is 16.6 Å². The maximum atomic E-state index is 13.8. The molecule has 3 heterocycles. The van der Waals surface area contributed by atoms with E-state index in [9.17, 15) is 14.7 Å². The number of aromatic amines is 1. The first-order valence-corrected chi connectivity index (χ1v) is 14.0. The molecule has 5 aromatic rings. The van der Waals surface area contributed by atoms with Gasteiger partial charge in [0.2, 0.25) is 0 Å². The van der Waals surface area contributed by atoms with Crippen molar-refractivity contribution >= 4 is 22.5 Å². The Balaban J connectivity index is 1.18. The van der Waals surface area contributed by atoms with Crippen molar-refractivity contribution in [1.29, 1.82) is 0 Å². The van der Waals surface area contributed by atoms with Crippen molar-refractivity contribution in [1.82, 2.24) is 24.8 Å². The number of H-pyrrole nitrogens is 1. The smallest absolute Gasteiger partial charge is 0.279 e. The lowest BCUT2D eigenvalue weighted by atomic mass is 9.83. The highest BCUT2D eigenvalue weighted by Gasteiger charge is 2.52. The number of aliphatic hydroxyl groups is 2. The predicted octanol–water partition coefficient (Wildman–Crippen LogP) is 3.46. The van der Waals surface area contributed by atoms with Gasteiger partial charge < -0.3 is 15.1 Å². The lowest BCUT2D eigenvalue weighted by molar-refractivity contribution is -0.139. The van der Waals surface area contributed by atoms with Crippen molar-refractivity contribution < 1.29 is 15.0 Å². The quantitative estimate of drug-likeness (QED) is 0.223. The summed E-state index contributed by atoms with van der Waals surface area (Å²) < 4.78 is 3.22. The number of fused-ring (bicyclic) bond motifs is 2. The number of rotatable bonds is 10. The summed E-state index contributed by atoms with van der Waals surface area (Å²) in [6, 6.07) is 22.2. The summed E-state index contributed by atoms with van der Waals surface area (Å²) in [7, 11) is 0. The molecule has 0 spiro atoms. The van der Waals surface area contributed by atoms with E-state index in [0.29, 0.717) is 41.7 Å². The molecule has 0 unspecified atom stereocenters. The second-order valence-corrected chi connectivity index (χ2v) is 10.6. The normalized spacial score (nSPS) is 17.4. The zero-order chi connectivity index (χ0) is 29.3. The first-order chi connectivity index (χ1) is 20.4. The van der Waals surface area contributed by atoms with Gasteiger partial charge in [0.1, 0.15) is 0 Å². The van der Waals surface area contributed by atoms with Gasteiger partial charge in [0, 0.05) is 37.3 Å². The van der Waals surface area contributed by atoms with Crippen molar-refractivity contribution in [3.05, 3.63) is 118 Å². The summed E-state index contributed by atoms with van der Waals surface area (Å²) in [4.78, 5) is 28.3. The number of aryl methyl sites for hydroxylation is 1. The van der Waals surface area contributed by atoms with Gasteiger partial charge in [0.15, 0.2) is 5.60 Å². The maximum Gasteiger partial charge on any atom is 0.279 e. The fourth-order valence-electron chi connectivity index (χ4n) is 5.56. The Morgan fingerprint density at radius 3 is 2.57 bits per heavy atom. The zero-order valence-corrected chi connectivity index (χ0v) is 23.2. The van der Waals surface area contributed by atoms with Gasteiger partial charge in [-0.2, -0.15) is 0 Å². The highest BCUT2D eigenvalue weighted by Crippen LogP contribution is 2.45. The van der Waals surface area contributed by atoms with Crippen molar-refractivity contribution in [3.63, 3.8) is 0 Å². The molecule has 1 aliphatic heterocycles. The third-order valence-corrected chi connectivity index (χ3v) is 7.87. The van der Waals surface area contributed by atoms with E-state index in [4.69, 9.17) is 5.11 Å². The summed E-state index contributed by atoms with van der Waals surface area (Å²) in [5, 5.41) is 32.8. The molecule has 2 aromatic heterocycles. The topological polar surface area (TPSA) is 129 Å². The van der Waals surface area contributed by atoms with Crippen molar-refractivity contribution in [2.75, 3.05) is 11.5 Å². The summed E-state index contributed by atoms with van der Waals surface area (Å²) in [5.74, 6) is -0.852. The molecule has 0 saturated heterocycles. The number of aliphatic hydroxyl groups excluding tert-OH is 1. The van der Waals surface area contributed by atoms with E-state index >= 15 is 0 Å². The van der Waals surface area contributed by atoms with Crippen molar-refractivity contribution in [3.8, 4) is 5.69 Å². The molecule has 0 radical (unpaired) electrons. The monoisotopic (exact) mass is 564 g/mol. The van der Waals surface area contributed by atoms with Crippen LogP contribution < -0.4 is 10.5 Å². The van der Waals surface area contributed by atoms with Crippen LogP contribution in [0.3, 0.4) is 0 Å². The number of nitrogens with zero attached hydrogens (tertiary/aromatic N) is 5. The van der Waals surface area contributed by atoms with Crippen molar-refractivity contribution in [2.24, 2.45) is 5.92 Å². The van der Waals surface area contributed by atoms with Gasteiger partial charge in [-0.15, -0.1) is 5.10 Å². The highest BCUT2D eigenvalue weighted by atomic mass is 16.3. The average Bonchev–Trinajstić information content (AvgIpc) is 3.67. The Kier molecular flexibility index (Phi) is 7.32. The number of nitrogens with one attached hydrogen (secondary N) is 1. The Morgan fingerprint density at radius 2 is 1.79 bits per heavy atom. The lowest BCUT2D eigenvalue weighted by Gasteiger charge is -2.27. The minimum Gasteiger partial charge on any atom is -0.396 e. The van der Waals surface area contributed by atoms with Gasteiger partial charge in [0.05, 0.1) is 34.5 Å². The third kappa shape index (κ3) is 4.84. The minimum absolute atomic E-state index is 0.0267. The van der Waals surface area contributed by atoms with Gasteiger partial charge in [-0.3, -0.25) is 19.4 Å². The number of aromatic nitrogens is 5. The predicted molar refractivity (Wildman–Crippen MR) is 159 cm³/mol. The number of carbonyl (C=O) groups excluding carboxylic acids is 1. The van der Waals surface area contributed by atoms with Gasteiger partial charge in [-0.1, -0.05) is 66.8 Å². The zero-order valence-electron chi connectivity index (χ0n) is 23.2. The van der Waals surface area contributed by atoms with Crippen LogP contribution in [0.15, 0.2) is 95.9 Å². The number of hydrogen-bond donors (Lipinski definition) is 3. The van der Waals surface area contributed by atoms with E-state index < -0.39 is 11.5 Å². The van der Waals surface area contributed by atoms with Crippen LogP contribution in [0.5, 0.6) is 0 Å². The summed E-state index contributed by atoms with van der Waals surface area (Å²) in [6.07, 6.45) is 6.73. The summed E-state index contributed by atoms with van der Waals surface area (Å²) in [6.45, 7) is 2.74. The number of amides is 1. The second kappa shape index (κ2) is 11.2. The standard InChI is InChI=1S/C32H32N6O4/c1-22(8-6-7-18-36-21-24(17-19-39)33-35-36)32(42)27-10-3-5-12-29(27)37(31(32)41)20-23-13-15-25(16-14-23)38-30(40)26-9-2-4-11-28(26)34-38/h2-6,8-16,21-22,34,39,42H,7,17-20H2,1H3/b8-6+/t22-,32+/m0/s1. The number of para-hydroxylation sites is 2. The number of anilines is 1. The van der Waals surface area contributed by atoms with Crippen LogP contribution in [-0.4, -0.2) is 47.5 Å². The maximum absolute atomic E-state index is 13.8. The number of carbonyl (C=O) groups is 1. The molecule has 0 aliphatic carbocycles. The molecule has 3 N–H and O–H groups in total. The first kappa shape index (κ1) is 27.4.